The molecule has 0 fully saturated rings. The molecule has 8 heteroatoms. The van der Waals surface area contributed by atoms with Gasteiger partial charge in [-0.25, -0.2) is 0 Å². The van der Waals surface area contributed by atoms with Crippen LogP contribution in [0.15, 0.2) is 29.3 Å². The summed E-state index contributed by atoms with van der Waals surface area (Å²) in [5, 5.41) is 12.5. The molecule has 0 aliphatic carbocycles. The van der Waals surface area contributed by atoms with Crippen molar-refractivity contribution in [2.45, 2.75) is 45.4 Å². The van der Waals surface area contributed by atoms with Crippen molar-refractivity contribution in [1.29, 1.82) is 0 Å². The topological polar surface area (TPSA) is 54.2 Å². The second-order valence-electron chi connectivity index (χ2n) is 7.02. The molecule has 2 atom stereocenters. The van der Waals surface area contributed by atoms with Crippen molar-refractivity contribution in [3.05, 3.63) is 51.8 Å². The number of halogens is 2. The number of nitrogens with zero attached hydrogens (tertiary/aromatic N) is 3. The molecule has 0 saturated carbocycles. The zero-order valence-corrected chi connectivity index (χ0v) is 22.0. The minimum atomic E-state index is 0. The van der Waals surface area contributed by atoms with Gasteiger partial charge in [-0.3, -0.25) is 9.67 Å². The number of aryl methyl sites for hydroxylation is 2. The van der Waals surface area contributed by atoms with Crippen LogP contribution in [0.2, 0.25) is 5.02 Å². The van der Waals surface area contributed by atoms with Crippen LogP contribution in [0.1, 0.15) is 41.6 Å². The number of aliphatic imine (C=N–C) groups is 1. The van der Waals surface area contributed by atoms with E-state index >= 15 is 0 Å². The molecule has 2 aromatic rings. The molecule has 0 bridgehead atoms. The molecule has 1 aromatic carbocycles. The van der Waals surface area contributed by atoms with Crippen LogP contribution in [0.4, 0.5) is 0 Å². The van der Waals surface area contributed by atoms with Crippen LogP contribution < -0.4 is 10.6 Å². The van der Waals surface area contributed by atoms with Gasteiger partial charge in [0.1, 0.15) is 0 Å². The van der Waals surface area contributed by atoms with E-state index in [4.69, 9.17) is 16.6 Å². The van der Waals surface area contributed by atoms with E-state index in [1.54, 1.807) is 11.8 Å². The summed E-state index contributed by atoms with van der Waals surface area (Å²) in [6.07, 6.45) is 3.02. The van der Waals surface area contributed by atoms with Gasteiger partial charge in [-0.2, -0.15) is 16.9 Å². The van der Waals surface area contributed by atoms with Gasteiger partial charge in [0.25, 0.3) is 0 Å². The lowest BCUT2D eigenvalue weighted by atomic mass is 10.1. The highest BCUT2D eigenvalue weighted by molar-refractivity contribution is 14.0. The van der Waals surface area contributed by atoms with Crippen molar-refractivity contribution in [2.75, 3.05) is 19.3 Å². The number of rotatable bonds is 8. The van der Waals surface area contributed by atoms with E-state index in [2.05, 4.69) is 55.7 Å². The molecule has 2 unspecified atom stereocenters. The molecule has 0 aliphatic rings. The molecule has 0 saturated heterocycles. The molecule has 5 nitrogen and oxygen atoms in total. The van der Waals surface area contributed by atoms with E-state index in [0.29, 0.717) is 6.54 Å². The van der Waals surface area contributed by atoms with Gasteiger partial charge in [0.15, 0.2) is 5.96 Å². The van der Waals surface area contributed by atoms with E-state index in [1.165, 1.54) is 16.8 Å². The maximum absolute atomic E-state index is 6.15. The molecule has 0 spiro atoms. The quantitative estimate of drug-likeness (QED) is 0.279. The molecule has 1 heterocycles. The molecular weight excluding hydrogens is 517 g/mol. The molecule has 0 amide bonds. The summed E-state index contributed by atoms with van der Waals surface area (Å²) in [7, 11) is 1.99. The fraction of sp³-hybridized carbons (Fsp3) is 0.524. The zero-order valence-electron chi connectivity index (χ0n) is 18.1. The Hall–Kier alpha value is -0.930. The van der Waals surface area contributed by atoms with E-state index in [9.17, 15) is 0 Å². The fourth-order valence-electron chi connectivity index (χ4n) is 3.22. The van der Waals surface area contributed by atoms with Gasteiger partial charge in [0.2, 0.25) is 0 Å². The van der Waals surface area contributed by atoms with Crippen LogP contribution >= 0.6 is 47.3 Å². The smallest absolute Gasteiger partial charge is 0.191 e. The van der Waals surface area contributed by atoms with Crippen molar-refractivity contribution in [3.8, 4) is 0 Å². The number of aromatic nitrogens is 2. The summed E-state index contributed by atoms with van der Waals surface area (Å²) in [6, 6.07) is 8.28. The SMILES string of the molecule is CCNC(=NCC(SC)c1cccc(Cl)c1)NC(C)Cc1c(C)nn(C)c1C.I. The van der Waals surface area contributed by atoms with Crippen molar-refractivity contribution in [1.82, 2.24) is 20.4 Å². The first-order valence-corrected chi connectivity index (χ1v) is 11.3. The van der Waals surface area contributed by atoms with Crippen LogP contribution in [0, 0.1) is 13.8 Å². The van der Waals surface area contributed by atoms with Gasteiger partial charge < -0.3 is 10.6 Å². The van der Waals surface area contributed by atoms with Crippen molar-refractivity contribution < 1.29 is 0 Å². The average molecular weight is 550 g/mol. The lowest BCUT2D eigenvalue weighted by molar-refractivity contribution is 0.635. The van der Waals surface area contributed by atoms with Crippen LogP contribution in [0.3, 0.4) is 0 Å². The summed E-state index contributed by atoms with van der Waals surface area (Å²) in [6.45, 7) is 9.97. The highest BCUT2D eigenvalue weighted by atomic mass is 127. The predicted octanol–water partition coefficient (Wildman–Crippen LogP) is 4.90. The first-order chi connectivity index (χ1) is 13.3. The number of benzene rings is 1. The third-order valence-electron chi connectivity index (χ3n) is 4.82. The largest absolute Gasteiger partial charge is 0.357 e. The van der Waals surface area contributed by atoms with Crippen LogP contribution in [-0.2, 0) is 13.5 Å². The monoisotopic (exact) mass is 549 g/mol. The van der Waals surface area contributed by atoms with Crippen LogP contribution in [-0.4, -0.2) is 41.1 Å². The molecular formula is C21H33ClIN5S. The normalized spacial score (nSPS) is 13.6. The Labute approximate surface area is 201 Å². The summed E-state index contributed by atoms with van der Waals surface area (Å²) < 4.78 is 1.95. The fourth-order valence-corrected chi connectivity index (χ4v) is 4.06. The van der Waals surface area contributed by atoms with E-state index in [1.807, 2.05) is 29.9 Å². The molecule has 0 aliphatic heterocycles. The highest BCUT2D eigenvalue weighted by Crippen LogP contribution is 2.28. The maximum Gasteiger partial charge on any atom is 0.191 e. The van der Waals surface area contributed by atoms with Gasteiger partial charge >= 0.3 is 0 Å². The van der Waals surface area contributed by atoms with E-state index in [0.717, 1.165) is 29.6 Å². The van der Waals surface area contributed by atoms with Gasteiger partial charge in [-0.05, 0) is 63.6 Å². The molecule has 0 radical (unpaired) electrons. The van der Waals surface area contributed by atoms with E-state index in [-0.39, 0.29) is 35.3 Å². The first kappa shape index (κ1) is 26.1. The Morgan fingerprint density at radius 2 is 2.07 bits per heavy atom. The summed E-state index contributed by atoms with van der Waals surface area (Å²) in [5.41, 5.74) is 4.82. The van der Waals surface area contributed by atoms with Crippen molar-refractivity contribution >= 4 is 53.3 Å². The minimum absolute atomic E-state index is 0. The van der Waals surface area contributed by atoms with Crippen LogP contribution in [0.5, 0.6) is 0 Å². The summed E-state index contributed by atoms with van der Waals surface area (Å²) in [5.74, 6) is 0.843. The Balaban J connectivity index is 0.00000420. The van der Waals surface area contributed by atoms with E-state index < -0.39 is 0 Å². The lowest BCUT2D eigenvalue weighted by Gasteiger charge is -2.19. The second kappa shape index (κ2) is 12.7. The Bertz CT molecular complexity index is 808. The number of thioether (sulfide) groups is 1. The number of hydrogen-bond donors (Lipinski definition) is 2. The minimum Gasteiger partial charge on any atom is -0.357 e. The Kier molecular flexibility index (Phi) is 11.4. The van der Waals surface area contributed by atoms with Gasteiger partial charge in [-0.15, -0.1) is 24.0 Å². The molecule has 2 N–H and O–H groups in total. The number of hydrogen-bond acceptors (Lipinski definition) is 3. The lowest BCUT2D eigenvalue weighted by Crippen LogP contribution is -2.43. The molecule has 1 aromatic heterocycles. The van der Waals surface area contributed by atoms with Crippen molar-refractivity contribution in [3.63, 3.8) is 0 Å². The third kappa shape index (κ3) is 7.68. The molecule has 162 valence electrons. The Morgan fingerprint density at radius 1 is 1.34 bits per heavy atom. The highest BCUT2D eigenvalue weighted by Gasteiger charge is 2.15. The molecule has 29 heavy (non-hydrogen) atoms. The number of guanidine groups is 1. The molecule has 2 rings (SSSR count). The summed E-state index contributed by atoms with van der Waals surface area (Å²) in [4.78, 5) is 4.83. The standard InChI is InChI=1S/C21H32ClN5S.HI/c1-7-23-21(24-13-20(28-6)17-9-8-10-18(22)12-17)25-14(2)11-19-15(3)26-27(5)16(19)4;/h8-10,12,14,20H,7,11,13H2,1-6H3,(H2,23,24,25);1H. The maximum atomic E-state index is 6.15. The zero-order chi connectivity index (χ0) is 20.7. The average Bonchev–Trinajstić information content (AvgIpc) is 2.88. The first-order valence-electron chi connectivity index (χ1n) is 9.67. The van der Waals surface area contributed by atoms with Gasteiger partial charge in [0.05, 0.1) is 12.2 Å². The Morgan fingerprint density at radius 3 is 2.62 bits per heavy atom. The number of nitrogens with one attached hydrogen (secondary N) is 2. The summed E-state index contributed by atoms with van der Waals surface area (Å²) >= 11 is 7.94. The second-order valence-corrected chi connectivity index (χ2v) is 8.50. The van der Waals surface area contributed by atoms with Crippen LogP contribution in [0.25, 0.3) is 0 Å². The van der Waals surface area contributed by atoms with Gasteiger partial charge in [0, 0.05) is 35.6 Å². The van der Waals surface area contributed by atoms with Gasteiger partial charge in [-0.1, -0.05) is 23.7 Å². The van der Waals surface area contributed by atoms with Crippen molar-refractivity contribution in [2.24, 2.45) is 12.0 Å². The third-order valence-corrected chi connectivity index (χ3v) is 6.04. The predicted molar refractivity (Wildman–Crippen MR) is 138 cm³/mol.